The van der Waals surface area contributed by atoms with Crippen molar-refractivity contribution in [2.75, 3.05) is 0 Å². The van der Waals surface area contributed by atoms with Gasteiger partial charge in [-0.15, -0.1) is 0 Å². The summed E-state index contributed by atoms with van der Waals surface area (Å²) in [5.74, 6) is -0.280. The van der Waals surface area contributed by atoms with E-state index in [9.17, 15) is 4.39 Å². The molecule has 0 saturated heterocycles. The van der Waals surface area contributed by atoms with Crippen molar-refractivity contribution in [2.45, 2.75) is 0 Å². The molecular formula is C20H13ClFN3. The molecule has 0 aliphatic rings. The van der Waals surface area contributed by atoms with Crippen LogP contribution in [0, 0.1) is 5.82 Å². The van der Waals surface area contributed by atoms with E-state index >= 15 is 0 Å². The van der Waals surface area contributed by atoms with E-state index in [1.54, 1.807) is 36.9 Å². The summed E-state index contributed by atoms with van der Waals surface area (Å²) in [6.07, 6.45) is 6.80. The first-order valence-corrected chi connectivity index (χ1v) is 8.05. The Morgan fingerprint density at radius 3 is 2.44 bits per heavy atom. The Morgan fingerprint density at radius 2 is 1.76 bits per heavy atom. The fourth-order valence-corrected chi connectivity index (χ4v) is 3.18. The molecule has 5 heteroatoms. The smallest absolute Gasteiger partial charge is 0.123 e. The second-order valence-corrected chi connectivity index (χ2v) is 5.98. The van der Waals surface area contributed by atoms with Crippen molar-refractivity contribution in [3.63, 3.8) is 0 Å². The summed E-state index contributed by atoms with van der Waals surface area (Å²) in [7, 11) is 0. The van der Waals surface area contributed by atoms with Gasteiger partial charge in [0.05, 0.1) is 21.7 Å². The van der Waals surface area contributed by atoms with E-state index in [2.05, 4.69) is 16.5 Å². The number of rotatable bonds is 3. The van der Waals surface area contributed by atoms with Crippen LogP contribution in [0.5, 0.6) is 0 Å². The highest BCUT2D eigenvalue weighted by atomic mass is 35.5. The van der Waals surface area contributed by atoms with Crippen molar-refractivity contribution in [1.29, 1.82) is 0 Å². The van der Waals surface area contributed by atoms with Crippen LogP contribution in [0.3, 0.4) is 0 Å². The van der Waals surface area contributed by atoms with Crippen LogP contribution in [-0.2, 0) is 0 Å². The number of aromatic nitrogens is 3. The minimum Gasteiger partial charge on any atom is -0.314 e. The van der Waals surface area contributed by atoms with E-state index < -0.39 is 0 Å². The monoisotopic (exact) mass is 349 g/mol. The van der Waals surface area contributed by atoms with Crippen LogP contribution in [0.4, 0.5) is 4.39 Å². The Bertz CT molecular complexity index is 1070. The Hall–Kier alpha value is -2.98. The van der Waals surface area contributed by atoms with Crippen molar-refractivity contribution in [3.05, 3.63) is 78.5 Å². The molecule has 0 spiro atoms. The topological polar surface area (TPSA) is 30.7 Å². The molecule has 4 rings (SSSR count). The predicted octanol–water partition coefficient (Wildman–Crippen LogP) is 5.66. The Balaban J connectivity index is 2.15. The summed E-state index contributed by atoms with van der Waals surface area (Å²) in [6.45, 7) is 3.93. The van der Waals surface area contributed by atoms with Crippen LogP contribution in [0.1, 0.15) is 0 Å². The zero-order valence-electron chi connectivity index (χ0n) is 13.2. The molecule has 122 valence electrons. The van der Waals surface area contributed by atoms with E-state index in [0.717, 1.165) is 33.4 Å². The molecule has 0 fully saturated rings. The Kier molecular flexibility index (Phi) is 3.82. The third-order valence-corrected chi connectivity index (χ3v) is 4.28. The molecule has 0 aliphatic heterocycles. The van der Waals surface area contributed by atoms with Crippen molar-refractivity contribution >= 4 is 28.8 Å². The summed E-state index contributed by atoms with van der Waals surface area (Å²) in [5.41, 5.74) is 5.26. The highest BCUT2D eigenvalue weighted by Gasteiger charge is 2.20. The third kappa shape index (κ3) is 2.61. The molecule has 4 aromatic rings. The molecule has 0 radical (unpaired) electrons. The number of hydrogen-bond acceptors (Lipinski definition) is 2. The quantitative estimate of drug-likeness (QED) is 0.478. The second kappa shape index (κ2) is 6.15. The molecule has 0 saturated carbocycles. The normalized spacial score (nSPS) is 11.0. The van der Waals surface area contributed by atoms with Gasteiger partial charge in [-0.25, -0.2) is 4.39 Å². The van der Waals surface area contributed by atoms with E-state index in [0.29, 0.717) is 5.02 Å². The fourth-order valence-electron chi connectivity index (χ4n) is 3.03. The molecule has 3 nitrogen and oxygen atoms in total. The SMILES string of the molecule is C=Cn1c(-c2ccncc2)c(-c2ccc(F)cc2)c2ncc(Cl)cc21. The first-order chi connectivity index (χ1) is 12.2. The largest absolute Gasteiger partial charge is 0.314 e. The van der Waals surface area contributed by atoms with Crippen LogP contribution in [0.2, 0.25) is 5.02 Å². The van der Waals surface area contributed by atoms with Crippen LogP contribution >= 0.6 is 11.6 Å². The number of pyridine rings is 2. The lowest BCUT2D eigenvalue weighted by atomic mass is 10.0. The minimum absolute atomic E-state index is 0.280. The summed E-state index contributed by atoms with van der Waals surface area (Å²) in [4.78, 5) is 8.61. The van der Waals surface area contributed by atoms with Gasteiger partial charge in [-0.1, -0.05) is 30.3 Å². The lowest BCUT2D eigenvalue weighted by Crippen LogP contribution is -1.91. The second-order valence-electron chi connectivity index (χ2n) is 5.54. The van der Waals surface area contributed by atoms with Crippen LogP contribution < -0.4 is 0 Å². The molecule has 0 N–H and O–H groups in total. The van der Waals surface area contributed by atoms with Gasteiger partial charge in [0.25, 0.3) is 0 Å². The molecule has 0 aliphatic carbocycles. The Morgan fingerprint density at radius 1 is 1.04 bits per heavy atom. The van der Waals surface area contributed by atoms with Gasteiger partial charge in [0.15, 0.2) is 0 Å². The van der Waals surface area contributed by atoms with Crippen molar-refractivity contribution in [1.82, 2.24) is 14.5 Å². The maximum atomic E-state index is 13.4. The van der Waals surface area contributed by atoms with Gasteiger partial charge in [0, 0.05) is 35.9 Å². The van der Waals surface area contributed by atoms with Crippen molar-refractivity contribution in [3.8, 4) is 22.4 Å². The fraction of sp³-hybridized carbons (Fsp3) is 0. The van der Waals surface area contributed by atoms with E-state index in [1.807, 2.05) is 22.8 Å². The number of fused-ring (bicyclic) bond motifs is 1. The highest BCUT2D eigenvalue weighted by Crippen LogP contribution is 2.40. The molecule has 3 heterocycles. The van der Waals surface area contributed by atoms with Crippen molar-refractivity contribution < 1.29 is 4.39 Å². The van der Waals surface area contributed by atoms with Gasteiger partial charge in [-0.2, -0.15) is 0 Å². The van der Waals surface area contributed by atoms with Gasteiger partial charge < -0.3 is 4.57 Å². The molecule has 25 heavy (non-hydrogen) atoms. The molecule has 0 unspecified atom stereocenters. The molecule has 0 bridgehead atoms. The standard InChI is InChI=1S/C20H13ClFN3/c1-2-25-17-11-15(21)12-24-19(17)18(13-3-5-16(22)6-4-13)20(25)14-7-9-23-10-8-14/h2-12H,1H2. The molecular weight excluding hydrogens is 337 g/mol. The molecule has 3 aromatic heterocycles. The van der Waals surface area contributed by atoms with Crippen LogP contribution in [0.15, 0.2) is 67.6 Å². The maximum absolute atomic E-state index is 13.4. The predicted molar refractivity (Wildman–Crippen MR) is 99.8 cm³/mol. The van der Waals surface area contributed by atoms with Crippen molar-refractivity contribution in [2.24, 2.45) is 0 Å². The number of halogens is 2. The minimum atomic E-state index is -0.280. The van der Waals surface area contributed by atoms with E-state index in [-0.39, 0.29) is 5.82 Å². The number of nitrogens with zero attached hydrogens (tertiary/aromatic N) is 3. The average Bonchev–Trinajstić information content (AvgIpc) is 2.96. The van der Waals surface area contributed by atoms with E-state index in [4.69, 9.17) is 11.6 Å². The highest BCUT2D eigenvalue weighted by molar-refractivity contribution is 6.31. The third-order valence-electron chi connectivity index (χ3n) is 4.08. The zero-order chi connectivity index (χ0) is 17.4. The number of benzene rings is 1. The zero-order valence-corrected chi connectivity index (χ0v) is 13.9. The van der Waals surface area contributed by atoms with E-state index in [1.165, 1.54) is 12.1 Å². The van der Waals surface area contributed by atoms with Gasteiger partial charge in [-0.3, -0.25) is 9.97 Å². The maximum Gasteiger partial charge on any atom is 0.123 e. The summed E-state index contributed by atoms with van der Waals surface area (Å²) >= 11 is 6.15. The number of hydrogen-bond donors (Lipinski definition) is 0. The summed E-state index contributed by atoms with van der Waals surface area (Å²) < 4.78 is 15.3. The van der Waals surface area contributed by atoms with Gasteiger partial charge in [0.2, 0.25) is 0 Å². The lowest BCUT2D eigenvalue weighted by Gasteiger charge is -2.08. The van der Waals surface area contributed by atoms with Gasteiger partial charge in [0.1, 0.15) is 5.82 Å². The lowest BCUT2D eigenvalue weighted by molar-refractivity contribution is 0.628. The molecule has 0 atom stereocenters. The molecule has 0 amide bonds. The Labute approximate surface area is 149 Å². The first-order valence-electron chi connectivity index (χ1n) is 7.67. The van der Waals surface area contributed by atoms with Crippen LogP contribution in [0.25, 0.3) is 39.6 Å². The summed E-state index contributed by atoms with van der Waals surface area (Å²) in [5, 5.41) is 0.542. The van der Waals surface area contributed by atoms with Crippen LogP contribution in [-0.4, -0.2) is 14.5 Å². The average molecular weight is 350 g/mol. The first kappa shape index (κ1) is 15.5. The summed E-state index contributed by atoms with van der Waals surface area (Å²) in [6, 6.07) is 12.1. The van der Waals surface area contributed by atoms with Gasteiger partial charge >= 0.3 is 0 Å². The molecule has 1 aromatic carbocycles. The van der Waals surface area contributed by atoms with Gasteiger partial charge in [-0.05, 0) is 35.9 Å².